The topological polar surface area (TPSA) is 415 Å². The molecule has 4 aromatic rings. The number of aliphatic carboxylic acids is 1. The number of primary amides is 1. The minimum atomic E-state index is -1.73. The number of benzene rings is 2. The lowest BCUT2D eigenvalue weighted by Gasteiger charge is -2.31. The Morgan fingerprint density at radius 1 is 0.718 bits per heavy atom. The summed E-state index contributed by atoms with van der Waals surface area (Å²) >= 11 is 0. The van der Waals surface area contributed by atoms with Crippen LogP contribution < -0.4 is 48.7 Å². The van der Waals surface area contributed by atoms with Gasteiger partial charge in [0.15, 0.2) is 6.04 Å². The van der Waals surface area contributed by atoms with Crippen LogP contribution >= 0.6 is 0 Å². The van der Waals surface area contributed by atoms with E-state index in [0.29, 0.717) is 17.7 Å². The number of likely N-dealkylation sites (tertiary alicyclic amines) is 1. The fourth-order valence-corrected chi connectivity index (χ4v) is 8.91. The number of amides is 9. The van der Waals surface area contributed by atoms with Gasteiger partial charge in [-0.3, -0.25) is 43.2 Å². The van der Waals surface area contributed by atoms with Gasteiger partial charge in [-0.1, -0.05) is 62.4 Å². The number of imidazole rings is 1. The highest BCUT2D eigenvalue weighted by molar-refractivity contribution is 5.98. The molecular weight excluding hydrogens is 1010 g/mol. The molecule has 1 saturated heterocycles. The lowest BCUT2D eigenvalue weighted by Crippen LogP contribution is -2.61. The number of nitrogens with one attached hydrogen (secondary N) is 9. The molecule has 2 aromatic carbocycles. The number of hydrogen-bond donors (Lipinski definition) is 14. The summed E-state index contributed by atoms with van der Waals surface area (Å²) in [5, 5.41) is 48.6. The second kappa shape index (κ2) is 28.8. The molecule has 3 heterocycles. The van der Waals surface area contributed by atoms with Crippen molar-refractivity contribution in [1.82, 2.24) is 57.1 Å². The van der Waals surface area contributed by atoms with E-state index in [9.17, 15) is 63.3 Å². The number of fused-ring (bicyclic) bond motifs is 1. The van der Waals surface area contributed by atoms with Crippen molar-refractivity contribution in [3.63, 3.8) is 0 Å². The van der Waals surface area contributed by atoms with Gasteiger partial charge in [-0.2, -0.15) is 0 Å². The monoisotopic (exact) mass is 1090 g/mol. The predicted molar refractivity (Wildman–Crippen MR) is 281 cm³/mol. The number of carboxylic acids is 1. The maximum Gasteiger partial charge on any atom is 0.328 e. The molecule has 0 aliphatic carbocycles. The van der Waals surface area contributed by atoms with Gasteiger partial charge in [0.05, 0.1) is 31.1 Å². The van der Waals surface area contributed by atoms with Crippen LogP contribution in [-0.4, -0.2) is 168 Å². The molecule has 78 heavy (non-hydrogen) atoms. The number of aromatic nitrogens is 3. The van der Waals surface area contributed by atoms with E-state index in [2.05, 4.69) is 52.2 Å². The van der Waals surface area contributed by atoms with Crippen LogP contribution in [-0.2, 0) is 67.2 Å². The Kier molecular flexibility index (Phi) is 22.4. The van der Waals surface area contributed by atoms with E-state index in [1.54, 1.807) is 50.4 Å². The molecule has 0 saturated carbocycles. The van der Waals surface area contributed by atoms with Crippen molar-refractivity contribution in [1.29, 1.82) is 0 Å². The number of carboxylic acid groups (broad SMARTS) is 1. The quantitative estimate of drug-likeness (QED) is 0.0266. The number of carbonyl (C=O) groups excluding carboxylic acids is 9. The first kappa shape index (κ1) is 60.6. The largest absolute Gasteiger partial charge is 0.480 e. The Balaban J connectivity index is 1.28. The first-order chi connectivity index (χ1) is 37.0. The van der Waals surface area contributed by atoms with Crippen molar-refractivity contribution in [3.8, 4) is 0 Å². The third-order valence-electron chi connectivity index (χ3n) is 13.0. The molecule has 0 bridgehead atoms. The van der Waals surface area contributed by atoms with Crippen LogP contribution in [0, 0.1) is 5.92 Å². The van der Waals surface area contributed by atoms with E-state index < -0.39 is 126 Å². The minimum Gasteiger partial charge on any atom is -0.480 e. The molecule has 0 unspecified atom stereocenters. The number of aliphatic hydroxyl groups excluding tert-OH is 2. The van der Waals surface area contributed by atoms with E-state index in [0.717, 1.165) is 16.5 Å². The van der Waals surface area contributed by atoms with E-state index in [1.807, 2.05) is 24.3 Å². The van der Waals surface area contributed by atoms with Crippen LogP contribution in [0.3, 0.4) is 0 Å². The Morgan fingerprint density at radius 2 is 1.37 bits per heavy atom. The molecule has 422 valence electrons. The lowest BCUT2D eigenvalue weighted by atomic mass is 10.0. The highest BCUT2D eigenvalue weighted by Crippen LogP contribution is 2.22. The number of aromatic amines is 2. The standard InChI is InChI=1S/C52H71N13O13/c1-27(2)19-37(48(73)64-44(29(4)67)52(77)78)60-49(74)40-15-10-18-65(40)51(76)39(20-30-11-6-5-7-12-30)62-47(72)38(22-32-24-55-26-58-32)61-50(75)43(28(3)66)63-42(69)25-57-46(71)36(16-17-41(54)68)59-45(70)34(53)21-31-23-56-35-14-9-8-13-33(31)35/h5-9,11-14,23-24,26-29,34,36-40,43-44,56,66-67H,10,15-22,25,53H2,1-4H3,(H2,54,68)(H,55,58)(H,57,71)(H,59,70)(H,60,74)(H,61,75)(H,62,72)(H,63,69)(H,64,73)(H,77,78)/t28-,29-,34+,36+,37+,38+,39+,40+,43+,44+/m1/s1. The summed E-state index contributed by atoms with van der Waals surface area (Å²) in [7, 11) is 0. The van der Waals surface area contributed by atoms with Gasteiger partial charge < -0.3 is 78.9 Å². The average molecular weight is 1090 g/mol. The molecule has 0 radical (unpaired) electrons. The maximum atomic E-state index is 14.7. The molecule has 26 nitrogen and oxygen atoms in total. The molecule has 10 atom stereocenters. The van der Waals surface area contributed by atoms with Gasteiger partial charge in [0.2, 0.25) is 53.2 Å². The van der Waals surface area contributed by atoms with E-state index in [4.69, 9.17) is 11.5 Å². The van der Waals surface area contributed by atoms with Crippen LogP contribution in [0.1, 0.15) is 76.6 Å². The van der Waals surface area contributed by atoms with Crippen LogP contribution in [0.2, 0.25) is 0 Å². The molecule has 16 N–H and O–H groups in total. The second-order valence-electron chi connectivity index (χ2n) is 19.8. The normalized spacial score (nSPS) is 16.7. The van der Waals surface area contributed by atoms with Gasteiger partial charge >= 0.3 is 5.97 Å². The summed E-state index contributed by atoms with van der Waals surface area (Å²) in [5.74, 6) is -9.19. The number of carbonyl (C=O) groups is 10. The third kappa shape index (κ3) is 17.7. The van der Waals surface area contributed by atoms with Crippen molar-refractivity contribution in [2.45, 2.75) is 140 Å². The summed E-state index contributed by atoms with van der Waals surface area (Å²) in [6.45, 7) is 5.26. The zero-order valence-corrected chi connectivity index (χ0v) is 43.8. The summed E-state index contributed by atoms with van der Waals surface area (Å²) < 4.78 is 0. The van der Waals surface area contributed by atoms with E-state index in [1.165, 1.54) is 31.3 Å². The summed E-state index contributed by atoms with van der Waals surface area (Å²) in [4.78, 5) is 145. The smallest absolute Gasteiger partial charge is 0.328 e. The third-order valence-corrected chi connectivity index (χ3v) is 13.0. The van der Waals surface area contributed by atoms with Crippen LogP contribution in [0.15, 0.2) is 73.3 Å². The summed E-state index contributed by atoms with van der Waals surface area (Å²) in [6.07, 6.45) is 1.22. The molecule has 2 aromatic heterocycles. The molecule has 0 spiro atoms. The number of para-hydroxylation sites is 1. The molecule has 1 fully saturated rings. The van der Waals surface area contributed by atoms with Gasteiger partial charge in [-0.25, -0.2) is 9.78 Å². The Morgan fingerprint density at radius 3 is 2.01 bits per heavy atom. The highest BCUT2D eigenvalue weighted by Gasteiger charge is 2.41. The minimum absolute atomic E-state index is 0.0795. The zero-order chi connectivity index (χ0) is 57.2. The fraction of sp³-hybridized carbons (Fsp3) is 0.481. The first-order valence-corrected chi connectivity index (χ1v) is 25.6. The molecule has 5 rings (SSSR count). The Labute approximate surface area is 449 Å². The van der Waals surface area contributed by atoms with Gasteiger partial charge in [0, 0.05) is 54.8 Å². The van der Waals surface area contributed by atoms with Crippen LogP contribution in [0.5, 0.6) is 0 Å². The molecular formula is C52H71N13O13. The van der Waals surface area contributed by atoms with Crippen LogP contribution in [0.25, 0.3) is 10.9 Å². The zero-order valence-electron chi connectivity index (χ0n) is 43.8. The Hall–Kier alpha value is -8.23. The van der Waals surface area contributed by atoms with Gasteiger partial charge in [-0.15, -0.1) is 0 Å². The van der Waals surface area contributed by atoms with Crippen molar-refractivity contribution in [3.05, 3.63) is 90.1 Å². The number of aliphatic hydroxyl groups is 2. The Bertz CT molecular complexity index is 2730. The first-order valence-electron chi connectivity index (χ1n) is 25.6. The molecule has 1 aliphatic rings. The van der Waals surface area contributed by atoms with Crippen molar-refractivity contribution >= 4 is 70.0 Å². The van der Waals surface area contributed by atoms with E-state index >= 15 is 0 Å². The summed E-state index contributed by atoms with van der Waals surface area (Å²) in [5.41, 5.74) is 14.1. The molecule has 26 heteroatoms. The number of nitrogens with zero attached hydrogens (tertiary/aromatic N) is 2. The predicted octanol–water partition coefficient (Wildman–Crippen LogP) is -2.58. The SMILES string of the molecule is CC(C)C[C@H](NC(=O)[C@@H]1CCCN1C(=O)[C@H](Cc1ccccc1)NC(=O)[C@H](Cc1cnc[nH]1)NC(=O)[C@@H](NC(=O)CNC(=O)[C@H](CCC(N)=O)NC(=O)[C@@H](N)Cc1c[nH]c2ccccc12)[C@@H](C)O)C(=O)N[C@H](C(=O)O)[C@@H](C)O. The van der Waals surface area contributed by atoms with E-state index in [-0.39, 0.29) is 57.4 Å². The van der Waals surface area contributed by atoms with Crippen molar-refractivity contribution < 1.29 is 63.3 Å². The van der Waals surface area contributed by atoms with Gasteiger partial charge in [0.1, 0.15) is 36.3 Å². The second-order valence-corrected chi connectivity index (χ2v) is 19.8. The molecule has 1 aliphatic heterocycles. The van der Waals surface area contributed by atoms with Crippen molar-refractivity contribution in [2.24, 2.45) is 17.4 Å². The maximum absolute atomic E-state index is 14.7. The lowest BCUT2D eigenvalue weighted by molar-refractivity contribution is -0.145. The van der Waals surface area contributed by atoms with Crippen LogP contribution in [0.4, 0.5) is 0 Å². The average Bonchev–Trinajstić information content (AvgIpc) is 4.22. The van der Waals surface area contributed by atoms with Gasteiger partial charge in [-0.05, 0) is 69.1 Å². The number of rotatable bonds is 29. The van der Waals surface area contributed by atoms with Gasteiger partial charge in [0.25, 0.3) is 0 Å². The number of H-pyrrole nitrogens is 2. The summed E-state index contributed by atoms with van der Waals surface area (Å²) in [6, 6.07) is 4.92. The van der Waals surface area contributed by atoms with Crippen molar-refractivity contribution in [2.75, 3.05) is 13.1 Å². The fourth-order valence-electron chi connectivity index (χ4n) is 8.91. The highest BCUT2D eigenvalue weighted by atomic mass is 16.4. The molecule has 9 amide bonds. The number of hydrogen-bond acceptors (Lipinski definition) is 14. The number of nitrogens with two attached hydrogens (primary N) is 2.